The Bertz CT molecular complexity index is 2550. The third-order valence-corrected chi connectivity index (χ3v) is 10.8. The van der Waals surface area contributed by atoms with Gasteiger partial charge in [-0.05, 0) is 193 Å². The lowest BCUT2D eigenvalue weighted by molar-refractivity contribution is 0.481. The minimum atomic E-state index is 0.677. The highest BCUT2D eigenvalue weighted by molar-refractivity contribution is 7.99. The molecule has 0 atom stereocenters. The van der Waals surface area contributed by atoms with Crippen LogP contribution in [0.1, 0.15) is 11.1 Å². The molecular weight excluding hydrogens is 753 g/mol. The van der Waals surface area contributed by atoms with Gasteiger partial charge >= 0.3 is 0 Å². The summed E-state index contributed by atoms with van der Waals surface area (Å²) >= 11 is 1.66. The van der Waals surface area contributed by atoms with Gasteiger partial charge in [-0.2, -0.15) is 0 Å². The van der Waals surface area contributed by atoms with Crippen LogP contribution in [0, 0.1) is 13.8 Å². The highest BCUT2D eigenvalue weighted by Gasteiger charge is 2.16. The van der Waals surface area contributed by atoms with Gasteiger partial charge in [0.1, 0.15) is 46.0 Å². The molecule has 0 fully saturated rings. The molecule has 0 aliphatic rings. The lowest BCUT2D eigenvalue weighted by Gasteiger charge is -2.17. The lowest BCUT2D eigenvalue weighted by Crippen LogP contribution is -1.93. The Labute approximate surface area is 347 Å². The second-order valence-electron chi connectivity index (χ2n) is 14.0. The molecule has 0 saturated carbocycles. The van der Waals surface area contributed by atoms with Crippen LogP contribution in [0.25, 0.3) is 22.3 Å². The van der Waals surface area contributed by atoms with Crippen molar-refractivity contribution in [3.05, 3.63) is 181 Å². The van der Waals surface area contributed by atoms with Crippen LogP contribution in [-0.2, 0) is 0 Å². The number of benzene rings is 8. The van der Waals surface area contributed by atoms with Gasteiger partial charge in [-0.3, -0.25) is 0 Å². The molecule has 9 heteroatoms. The Balaban J connectivity index is 1.16. The van der Waals surface area contributed by atoms with Crippen LogP contribution in [0.15, 0.2) is 180 Å². The van der Waals surface area contributed by atoms with Crippen molar-refractivity contribution in [3.63, 3.8) is 0 Å². The van der Waals surface area contributed by atoms with Gasteiger partial charge in [-0.1, -0.05) is 36.0 Å². The maximum atomic E-state index is 6.39. The molecule has 0 saturated heterocycles. The molecule has 0 bridgehead atoms. The van der Waals surface area contributed by atoms with Crippen molar-refractivity contribution in [2.45, 2.75) is 23.6 Å². The highest BCUT2D eigenvalue weighted by atomic mass is 32.2. The van der Waals surface area contributed by atoms with E-state index in [-0.39, 0.29) is 0 Å². The summed E-state index contributed by atoms with van der Waals surface area (Å²) in [6.45, 7) is 3.93. The first-order valence-electron chi connectivity index (χ1n) is 18.9. The zero-order valence-corrected chi connectivity index (χ0v) is 33.3. The minimum absolute atomic E-state index is 0.677. The van der Waals surface area contributed by atoms with E-state index in [4.69, 9.17) is 41.9 Å². The summed E-state index contributed by atoms with van der Waals surface area (Å²) in [5.41, 5.74) is 32.6. The van der Waals surface area contributed by atoms with Crippen LogP contribution in [0.5, 0.6) is 46.0 Å². The summed E-state index contributed by atoms with van der Waals surface area (Å²) in [6.07, 6.45) is 0. The molecule has 0 aliphatic carbocycles. The molecule has 0 aromatic heterocycles. The second kappa shape index (κ2) is 16.9. The van der Waals surface area contributed by atoms with Crippen molar-refractivity contribution in [1.82, 2.24) is 0 Å². The number of hydrogen-bond acceptors (Lipinski definition) is 9. The van der Waals surface area contributed by atoms with E-state index in [1.165, 1.54) is 0 Å². The summed E-state index contributed by atoms with van der Waals surface area (Å²) < 4.78 is 25.0. The Morgan fingerprint density at radius 1 is 0.322 bits per heavy atom. The fourth-order valence-electron chi connectivity index (χ4n) is 6.34. The molecule has 8 nitrogen and oxygen atoms in total. The fourth-order valence-corrected chi connectivity index (χ4v) is 7.42. The van der Waals surface area contributed by atoms with E-state index in [2.05, 4.69) is 48.5 Å². The standard InChI is InChI=1S/C50H42N4O4S/c1-31-27-41(19-23-47(31)53)57-43-21-25-49(45(29-43)33-3-11-37(12-4-33)55-39-15-7-35(51)8-16-39)59-50-26-22-44(58-42-20-24-48(54)32(2)28-42)30-46(50)34-5-13-38(14-6-34)56-40-17-9-36(52)10-18-40/h3-30H,51-54H2,1-2H3. The van der Waals surface area contributed by atoms with E-state index < -0.39 is 0 Å². The van der Waals surface area contributed by atoms with Crippen molar-refractivity contribution < 1.29 is 18.9 Å². The molecule has 292 valence electrons. The number of nitrogen functional groups attached to an aromatic ring is 4. The van der Waals surface area contributed by atoms with Gasteiger partial charge in [0.15, 0.2) is 0 Å². The van der Waals surface area contributed by atoms with Crippen LogP contribution < -0.4 is 41.9 Å². The Kier molecular flexibility index (Phi) is 11.0. The van der Waals surface area contributed by atoms with Crippen molar-refractivity contribution in [1.29, 1.82) is 0 Å². The van der Waals surface area contributed by atoms with E-state index in [1.54, 1.807) is 11.8 Å². The van der Waals surface area contributed by atoms with Gasteiger partial charge < -0.3 is 41.9 Å². The van der Waals surface area contributed by atoms with E-state index >= 15 is 0 Å². The van der Waals surface area contributed by atoms with Crippen molar-refractivity contribution in [3.8, 4) is 68.2 Å². The summed E-state index contributed by atoms with van der Waals surface area (Å²) in [5, 5.41) is 0. The van der Waals surface area contributed by atoms with E-state index in [0.717, 1.165) is 43.2 Å². The molecule has 0 aliphatic heterocycles. The maximum Gasteiger partial charge on any atom is 0.128 e. The maximum absolute atomic E-state index is 6.39. The van der Waals surface area contributed by atoms with Crippen molar-refractivity contribution in [2.75, 3.05) is 22.9 Å². The highest BCUT2D eigenvalue weighted by Crippen LogP contribution is 2.45. The summed E-state index contributed by atoms with van der Waals surface area (Å²) in [6, 6.07) is 54.3. The van der Waals surface area contributed by atoms with E-state index in [0.29, 0.717) is 68.7 Å². The van der Waals surface area contributed by atoms with Crippen LogP contribution in [-0.4, -0.2) is 0 Å². The van der Waals surface area contributed by atoms with E-state index in [9.17, 15) is 0 Å². The molecule has 0 heterocycles. The first-order chi connectivity index (χ1) is 28.6. The quantitative estimate of drug-likeness (QED) is 0.0889. The number of aryl methyl sites for hydroxylation is 2. The van der Waals surface area contributed by atoms with Crippen LogP contribution in [0.4, 0.5) is 22.7 Å². The monoisotopic (exact) mass is 794 g/mol. The van der Waals surface area contributed by atoms with Gasteiger partial charge in [0.25, 0.3) is 0 Å². The SMILES string of the molecule is Cc1cc(Oc2ccc(Sc3ccc(Oc4ccc(N)c(C)c4)cc3-c3ccc(Oc4ccc(N)cc4)cc3)c(-c3ccc(Oc4ccc(N)cc4)cc3)c2)ccc1N. The number of hydrogen-bond donors (Lipinski definition) is 4. The topological polar surface area (TPSA) is 141 Å². The molecule has 8 aromatic carbocycles. The number of anilines is 4. The third kappa shape index (κ3) is 9.39. The largest absolute Gasteiger partial charge is 0.457 e. The lowest BCUT2D eigenvalue weighted by atomic mass is 10.0. The van der Waals surface area contributed by atoms with Gasteiger partial charge in [-0.15, -0.1) is 0 Å². The normalized spacial score (nSPS) is 10.9. The van der Waals surface area contributed by atoms with Crippen molar-refractivity contribution >= 4 is 34.5 Å². The molecule has 0 spiro atoms. The number of rotatable bonds is 12. The molecule has 59 heavy (non-hydrogen) atoms. The first kappa shape index (κ1) is 38.4. The summed E-state index contributed by atoms with van der Waals surface area (Å²) in [4.78, 5) is 2.04. The zero-order valence-electron chi connectivity index (χ0n) is 32.5. The number of ether oxygens (including phenoxy) is 4. The Morgan fingerprint density at radius 2 is 0.610 bits per heavy atom. The average Bonchev–Trinajstić information content (AvgIpc) is 3.24. The molecular formula is C50H42N4O4S. The first-order valence-corrected chi connectivity index (χ1v) is 19.8. The van der Waals surface area contributed by atoms with Gasteiger partial charge in [0, 0.05) is 32.5 Å². The van der Waals surface area contributed by atoms with Gasteiger partial charge in [-0.25, -0.2) is 0 Å². The molecule has 8 N–H and O–H groups in total. The van der Waals surface area contributed by atoms with Gasteiger partial charge in [0.2, 0.25) is 0 Å². The predicted octanol–water partition coefficient (Wildman–Crippen LogP) is 13.3. The number of nitrogens with two attached hydrogens (primary N) is 4. The Morgan fingerprint density at radius 3 is 0.966 bits per heavy atom. The van der Waals surface area contributed by atoms with Crippen LogP contribution in [0.2, 0.25) is 0 Å². The molecule has 0 amide bonds. The third-order valence-electron chi connectivity index (χ3n) is 9.64. The molecule has 0 radical (unpaired) electrons. The van der Waals surface area contributed by atoms with E-state index in [1.807, 2.05) is 135 Å². The Hall–Kier alpha value is -7.49. The van der Waals surface area contributed by atoms with Crippen molar-refractivity contribution in [2.24, 2.45) is 0 Å². The second-order valence-corrected chi connectivity index (χ2v) is 15.1. The summed E-state index contributed by atoms with van der Waals surface area (Å²) in [5.74, 6) is 5.60. The zero-order chi connectivity index (χ0) is 40.9. The minimum Gasteiger partial charge on any atom is -0.457 e. The molecule has 8 rings (SSSR count). The molecule has 8 aromatic rings. The average molecular weight is 795 g/mol. The van der Waals surface area contributed by atoms with Crippen LogP contribution >= 0.6 is 11.8 Å². The predicted molar refractivity (Wildman–Crippen MR) is 241 cm³/mol. The van der Waals surface area contributed by atoms with Crippen LogP contribution in [0.3, 0.4) is 0 Å². The smallest absolute Gasteiger partial charge is 0.128 e. The molecule has 0 unspecified atom stereocenters. The fraction of sp³-hybridized carbons (Fsp3) is 0.0400. The summed E-state index contributed by atoms with van der Waals surface area (Å²) in [7, 11) is 0. The van der Waals surface area contributed by atoms with Gasteiger partial charge in [0.05, 0.1) is 0 Å².